The van der Waals surface area contributed by atoms with E-state index in [2.05, 4.69) is 5.73 Å². The van der Waals surface area contributed by atoms with Gasteiger partial charge in [0, 0.05) is 5.69 Å². The molecule has 10 heteroatoms. The lowest BCUT2D eigenvalue weighted by molar-refractivity contribution is -0.139. The number of carbonyl (C=O) groups is 2. The molecule has 0 spiro atoms. The van der Waals surface area contributed by atoms with Gasteiger partial charge in [-0.3, -0.25) is 5.32 Å². The van der Waals surface area contributed by atoms with Crippen LogP contribution in [0.25, 0.3) is 0 Å². The molecule has 0 unspecified atom stereocenters. The maximum absolute atomic E-state index is 12.8. The van der Waals surface area contributed by atoms with Crippen LogP contribution < -0.4 is 11.1 Å². The van der Waals surface area contributed by atoms with Crippen molar-refractivity contribution in [3.63, 3.8) is 0 Å². The van der Waals surface area contributed by atoms with Gasteiger partial charge in [0.25, 0.3) is 0 Å². The zero-order chi connectivity index (χ0) is 15.2. The molecule has 6 nitrogen and oxygen atoms in total. The van der Waals surface area contributed by atoms with Crippen LogP contribution in [-0.4, -0.2) is 22.4 Å². The Hall–Kier alpha value is -2.52. The Morgan fingerprint density at radius 2 is 1.68 bits per heavy atom. The number of hydrogen-bond acceptors (Lipinski definition) is 2. The molecule has 1 aromatic rings. The first-order valence-corrected chi connectivity index (χ1v) is 4.39. The molecule has 0 bridgehead atoms. The molecule has 19 heavy (non-hydrogen) atoms. The summed E-state index contributed by atoms with van der Waals surface area (Å²) in [4.78, 5) is 18.9. The summed E-state index contributed by atoms with van der Waals surface area (Å²) in [7, 11) is 0. The van der Waals surface area contributed by atoms with Gasteiger partial charge in [0.05, 0.1) is 5.56 Å². The SMILES string of the molecule is NC(=O)O.O=C(O)Nc1ccc(C(F)(F)F)c(F)c1. The number of carboxylic acid groups (broad SMARTS) is 2. The number of nitrogens with two attached hydrogens (primary N) is 1. The molecule has 106 valence electrons. The lowest BCUT2D eigenvalue weighted by Gasteiger charge is -2.08. The summed E-state index contributed by atoms with van der Waals surface area (Å²) < 4.78 is 49.0. The van der Waals surface area contributed by atoms with E-state index in [1.165, 1.54) is 0 Å². The number of nitrogens with one attached hydrogen (secondary N) is 1. The van der Waals surface area contributed by atoms with Gasteiger partial charge in [-0.25, -0.2) is 14.0 Å². The number of benzene rings is 1. The topological polar surface area (TPSA) is 113 Å². The fourth-order valence-corrected chi connectivity index (χ4v) is 0.946. The van der Waals surface area contributed by atoms with Crippen molar-refractivity contribution >= 4 is 17.9 Å². The summed E-state index contributed by atoms with van der Waals surface area (Å²) in [6.45, 7) is 0. The van der Waals surface area contributed by atoms with Crippen LogP contribution in [0.15, 0.2) is 18.2 Å². The molecule has 0 aliphatic carbocycles. The van der Waals surface area contributed by atoms with Gasteiger partial charge in [-0.1, -0.05) is 0 Å². The van der Waals surface area contributed by atoms with Gasteiger partial charge in [0.1, 0.15) is 5.82 Å². The van der Waals surface area contributed by atoms with Gasteiger partial charge in [-0.15, -0.1) is 0 Å². The van der Waals surface area contributed by atoms with E-state index in [0.29, 0.717) is 12.1 Å². The molecule has 0 saturated heterocycles. The highest BCUT2D eigenvalue weighted by Gasteiger charge is 2.33. The second-order valence-corrected chi connectivity index (χ2v) is 2.96. The number of primary amides is 1. The van der Waals surface area contributed by atoms with Crippen LogP contribution >= 0.6 is 0 Å². The summed E-state index contributed by atoms with van der Waals surface area (Å²) in [5, 5.41) is 17.2. The van der Waals surface area contributed by atoms with Gasteiger partial charge in [0.15, 0.2) is 0 Å². The summed E-state index contributed by atoms with van der Waals surface area (Å²) in [6.07, 6.45) is -7.60. The molecular weight excluding hydrogens is 276 g/mol. The minimum absolute atomic E-state index is 0.256. The van der Waals surface area contributed by atoms with Crippen LogP contribution in [0.4, 0.5) is 32.8 Å². The maximum Gasteiger partial charge on any atom is 0.419 e. The molecule has 0 fully saturated rings. The molecule has 0 aromatic heterocycles. The molecule has 0 heterocycles. The van der Waals surface area contributed by atoms with E-state index >= 15 is 0 Å². The Kier molecular flexibility index (Phi) is 5.57. The Morgan fingerprint density at radius 1 is 1.21 bits per heavy atom. The van der Waals surface area contributed by atoms with Gasteiger partial charge in [-0.2, -0.15) is 13.2 Å². The van der Waals surface area contributed by atoms with Crippen molar-refractivity contribution in [3.05, 3.63) is 29.6 Å². The fourth-order valence-electron chi connectivity index (χ4n) is 0.946. The average Bonchev–Trinajstić information content (AvgIpc) is 2.12. The molecule has 2 amide bonds. The molecular formula is C9H8F4N2O4. The molecule has 1 rings (SSSR count). The minimum atomic E-state index is -4.79. The number of alkyl halides is 3. The third-order valence-electron chi connectivity index (χ3n) is 1.53. The van der Waals surface area contributed by atoms with E-state index in [4.69, 9.17) is 15.0 Å². The van der Waals surface area contributed by atoms with E-state index < -0.39 is 29.7 Å². The molecule has 0 aliphatic heterocycles. The Labute approximate surface area is 103 Å². The van der Waals surface area contributed by atoms with E-state index in [0.717, 1.165) is 6.07 Å². The quantitative estimate of drug-likeness (QED) is 0.593. The van der Waals surface area contributed by atoms with E-state index in [-0.39, 0.29) is 5.69 Å². The Bertz CT molecular complexity index is 472. The molecule has 0 atom stereocenters. The zero-order valence-corrected chi connectivity index (χ0v) is 9.03. The summed E-state index contributed by atoms with van der Waals surface area (Å²) >= 11 is 0. The summed E-state index contributed by atoms with van der Waals surface area (Å²) in [6, 6.07) is 1.78. The van der Waals surface area contributed by atoms with Crippen molar-refractivity contribution in [1.29, 1.82) is 0 Å². The van der Waals surface area contributed by atoms with Crippen LogP contribution in [0.5, 0.6) is 0 Å². The second kappa shape index (κ2) is 6.42. The lowest BCUT2D eigenvalue weighted by atomic mass is 10.2. The third kappa shape index (κ3) is 6.71. The summed E-state index contributed by atoms with van der Waals surface area (Å²) in [5.41, 5.74) is 2.34. The number of hydrogen-bond donors (Lipinski definition) is 4. The van der Waals surface area contributed by atoms with Crippen LogP contribution in [-0.2, 0) is 6.18 Å². The van der Waals surface area contributed by atoms with E-state index in [1.54, 1.807) is 5.32 Å². The van der Waals surface area contributed by atoms with Gasteiger partial charge in [-0.05, 0) is 18.2 Å². The predicted octanol–water partition coefficient (Wildman–Crippen LogP) is 2.56. The molecule has 0 radical (unpaired) electrons. The van der Waals surface area contributed by atoms with Crippen LogP contribution in [0.1, 0.15) is 5.56 Å². The van der Waals surface area contributed by atoms with Gasteiger partial charge in [0.2, 0.25) is 0 Å². The first-order chi connectivity index (χ1) is 8.54. The van der Waals surface area contributed by atoms with Crippen LogP contribution in [0.3, 0.4) is 0 Å². The smallest absolute Gasteiger partial charge is 0.419 e. The minimum Gasteiger partial charge on any atom is -0.465 e. The first-order valence-electron chi connectivity index (χ1n) is 4.39. The van der Waals surface area contributed by atoms with Crippen LogP contribution in [0.2, 0.25) is 0 Å². The highest BCUT2D eigenvalue weighted by Crippen LogP contribution is 2.32. The third-order valence-corrected chi connectivity index (χ3v) is 1.53. The molecule has 5 N–H and O–H groups in total. The Morgan fingerprint density at radius 3 is 2.00 bits per heavy atom. The first kappa shape index (κ1) is 16.5. The van der Waals surface area contributed by atoms with Crippen molar-refractivity contribution in [2.45, 2.75) is 6.18 Å². The highest BCUT2D eigenvalue weighted by molar-refractivity contribution is 5.82. The van der Waals surface area contributed by atoms with Gasteiger partial charge < -0.3 is 15.9 Å². The number of anilines is 1. The predicted molar refractivity (Wildman–Crippen MR) is 55.3 cm³/mol. The number of rotatable bonds is 1. The Balaban J connectivity index is 0.000000711. The highest BCUT2D eigenvalue weighted by atomic mass is 19.4. The van der Waals surface area contributed by atoms with Crippen molar-refractivity contribution in [1.82, 2.24) is 0 Å². The van der Waals surface area contributed by atoms with Crippen LogP contribution in [0, 0.1) is 5.82 Å². The van der Waals surface area contributed by atoms with Crippen molar-refractivity contribution in [2.24, 2.45) is 5.73 Å². The monoisotopic (exact) mass is 284 g/mol. The zero-order valence-electron chi connectivity index (χ0n) is 9.03. The normalized spacial score (nSPS) is 10.1. The van der Waals surface area contributed by atoms with Crippen molar-refractivity contribution in [3.8, 4) is 0 Å². The lowest BCUT2D eigenvalue weighted by Crippen LogP contribution is -2.11. The number of amides is 2. The van der Waals surface area contributed by atoms with E-state index in [9.17, 15) is 22.4 Å². The van der Waals surface area contributed by atoms with Crippen molar-refractivity contribution in [2.75, 3.05) is 5.32 Å². The molecule has 0 saturated carbocycles. The molecule has 0 aliphatic rings. The standard InChI is InChI=1S/C8H5F4NO2.CH3NO2/c9-6-3-4(13-7(14)15)1-2-5(6)8(10,11)12;2-1(3)4/h1-3,13H,(H,14,15);2H2,(H,3,4). The fraction of sp³-hybridized carbons (Fsp3) is 0.111. The maximum atomic E-state index is 12.8. The largest absolute Gasteiger partial charge is 0.465 e. The van der Waals surface area contributed by atoms with Crippen molar-refractivity contribution < 1.29 is 37.4 Å². The van der Waals surface area contributed by atoms with Gasteiger partial charge >= 0.3 is 18.4 Å². The second-order valence-electron chi connectivity index (χ2n) is 2.96. The average molecular weight is 284 g/mol. The molecule has 1 aromatic carbocycles. The number of halogens is 4. The van der Waals surface area contributed by atoms with E-state index in [1.807, 2.05) is 0 Å². The summed E-state index contributed by atoms with van der Waals surface area (Å²) in [5.74, 6) is -1.52.